The Hall–Kier alpha value is -1.32. The van der Waals surface area contributed by atoms with E-state index in [0.717, 1.165) is 17.9 Å². The lowest BCUT2D eigenvalue weighted by atomic mass is 10.2. The van der Waals surface area contributed by atoms with Gasteiger partial charge in [0.25, 0.3) is 0 Å². The number of aromatic nitrogens is 1. The normalized spacial score (nSPS) is 12.3. The molecule has 0 aliphatic carbocycles. The molecule has 1 heterocycles. The zero-order chi connectivity index (χ0) is 11.9. The van der Waals surface area contributed by atoms with Crippen LogP contribution in [0.15, 0.2) is 59.6 Å². The highest BCUT2D eigenvalue weighted by molar-refractivity contribution is 7.99. The van der Waals surface area contributed by atoms with Gasteiger partial charge in [-0.05, 0) is 24.3 Å². The molecule has 0 amide bonds. The monoisotopic (exact) mass is 244 g/mol. The summed E-state index contributed by atoms with van der Waals surface area (Å²) in [7, 11) is 0. The highest BCUT2D eigenvalue weighted by Gasteiger charge is 2.05. The molecule has 0 saturated carbocycles. The molecule has 2 nitrogen and oxygen atoms in total. The van der Waals surface area contributed by atoms with Crippen molar-refractivity contribution in [3.8, 4) is 0 Å². The fraction of sp³-hybridized carbons (Fsp3) is 0.214. The van der Waals surface area contributed by atoms with Crippen LogP contribution in [0.3, 0.4) is 0 Å². The summed E-state index contributed by atoms with van der Waals surface area (Å²) in [4.78, 5) is 5.55. The van der Waals surface area contributed by atoms with Crippen LogP contribution in [0.1, 0.15) is 5.69 Å². The lowest BCUT2D eigenvalue weighted by Gasteiger charge is -2.10. The summed E-state index contributed by atoms with van der Waals surface area (Å²) < 4.78 is 0. The van der Waals surface area contributed by atoms with Crippen molar-refractivity contribution in [2.45, 2.75) is 17.4 Å². The van der Waals surface area contributed by atoms with Crippen molar-refractivity contribution in [3.05, 3.63) is 60.4 Å². The standard InChI is InChI=1S/C14H16N2S/c15-12(10-13-6-4-5-9-16-13)11-17-14-7-2-1-3-8-14/h1-9,12H,10-11,15H2. The van der Waals surface area contributed by atoms with Gasteiger partial charge in [0.1, 0.15) is 0 Å². The topological polar surface area (TPSA) is 38.9 Å². The fourth-order valence-corrected chi connectivity index (χ4v) is 2.44. The third-order valence-electron chi connectivity index (χ3n) is 2.40. The van der Waals surface area contributed by atoms with Gasteiger partial charge in [-0.1, -0.05) is 24.3 Å². The van der Waals surface area contributed by atoms with E-state index in [0.29, 0.717) is 0 Å². The van der Waals surface area contributed by atoms with Gasteiger partial charge >= 0.3 is 0 Å². The number of nitrogens with zero attached hydrogens (tertiary/aromatic N) is 1. The van der Waals surface area contributed by atoms with E-state index in [1.165, 1.54) is 4.90 Å². The molecule has 17 heavy (non-hydrogen) atoms. The van der Waals surface area contributed by atoms with E-state index in [9.17, 15) is 0 Å². The van der Waals surface area contributed by atoms with E-state index in [4.69, 9.17) is 5.73 Å². The Morgan fingerprint density at radius 3 is 2.53 bits per heavy atom. The molecule has 3 heteroatoms. The van der Waals surface area contributed by atoms with E-state index >= 15 is 0 Å². The van der Waals surface area contributed by atoms with Crippen LogP contribution in [0, 0.1) is 0 Å². The summed E-state index contributed by atoms with van der Waals surface area (Å²) in [6.45, 7) is 0. The minimum absolute atomic E-state index is 0.148. The summed E-state index contributed by atoms with van der Waals surface area (Å²) in [5.41, 5.74) is 7.16. The molecule has 1 aromatic carbocycles. The number of pyridine rings is 1. The minimum atomic E-state index is 0.148. The van der Waals surface area contributed by atoms with Gasteiger partial charge in [-0.3, -0.25) is 4.98 Å². The van der Waals surface area contributed by atoms with E-state index in [2.05, 4.69) is 17.1 Å². The van der Waals surface area contributed by atoms with Crippen molar-refractivity contribution < 1.29 is 0 Å². The maximum Gasteiger partial charge on any atom is 0.0419 e. The third-order valence-corrected chi connectivity index (χ3v) is 3.61. The number of hydrogen-bond donors (Lipinski definition) is 1. The van der Waals surface area contributed by atoms with Gasteiger partial charge in [0.2, 0.25) is 0 Å². The number of hydrogen-bond acceptors (Lipinski definition) is 3. The van der Waals surface area contributed by atoms with E-state index in [1.54, 1.807) is 11.8 Å². The summed E-state index contributed by atoms with van der Waals surface area (Å²) in [5, 5.41) is 0. The second-order valence-electron chi connectivity index (χ2n) is 3.91. The molecule has 88 valence electrons. The molecule has 0 bridgehead atoms. The smallest absolute Gasteiger partial charge is 0.0419 e. The van der Waals surface area contributed by atoms with Crippen molar-refractivity contribution in [1.29, 1.82) is 0 Å². The van der Waals surface area contributed by atoms with Crippen molar-refractivity contribution >= 4 is 11.8 Å². The van der Waals surface area contributed by atoms with Gasteiger partial charge in [0, 0.05) is 35.0 Å². The number of nitrogens with two attached hydrogens (primary N) is 1. The first-order chi connectivity index (χ1) is 8.34. The Morgan fingerprint density at radius 1 is 1.06 bits per heavy atom. The maximum atomic E-state index is 6.09. The molecular formula is C14H16N2S. The molecular weight excluding hydrogens is 228 g/mol. The Morgan fingerprint density at radius 2 is 1.82 bits per heavy atom. The van der Waals surface area contributed by atoms with Crippen LogP contribution in [0.25, 0.3) is 0 Å². The van der Waals surface area contributed by atoms with Crippen LogP contribution < -0.4 is 5.73 Å². The predicted molar refractivity (Wildman–Crippen MR) is 73.1 cm³/mol. The molecule has 0 radical (unpaired) electrons. The first-order valence-electron chi connectivity index (χ1n) is 5.68. The molecule has 0 spiro atoms. The van der Waals surface area contributed by atoms with Gasteiger partial charge in [-0.25, -0.2) is 0 Å². The van der Waals surface area contributed by atoms with Gasteiger partial charge in [0.05, 0.1) is 0 Å². The van der Waals surface area contributed by atoms with Crippen molar-refractivity contribution in [2.24, 2.45) is 5.73 Å². The van der Waals surface area contributed by atoms with Crippen molar-refractivity contribution in [1.82, 2.24) is 4.98 Å². The van der Waals surface area contributed by atoms with Crippen LogP contribution in [0.5, 0.6) is 0 Å². The minimum Gasteiger partial charge on any atom is -0.327 e. The highest BCUT2D eigenvalue weighted by Crippen LogP contribution is 2.18. The molecule has 0 fully saturated rings. The lowest BCUT2D eigenvalue weighted by Crippen LogP contribution is -2.25. The third kappa shape index (κ3) is 4.21. The van der Waals surface area contributed by atoms with E-state index in [1.807, 2.05) is 42.6 Å². The Labute approximate surface area is 106 Å². The first kappa shape index (κ1) is 12.1. The number of rotatable bonds is 5. The largest absolute Gasteiger partial charge is 0.327 e. The van der Waals surface area contributed by atoms with Crippen LogP contribution in [0.2, 0.25) is 0 Å². The zero-order valence-corrected chi connectivity index (χ0v) is 10.4. The molecule has 1 unspecified atom stereocenters. The zero-order valence-electron chi connectivity index (χ0n) is 9.62. The van der Waals surface area contributed by atoms with Gasteiger partial charge in [0.15, 0.2) is 0 Å². The van der Waals surface area contributed by atoms with Crippen LogP contribution >= 0.6 is 11.8 Å². The number of benzene rings is 1. The Balaban J connectivity index is 1.80. The number of thioether (sulfide) groups is 1. The van der Waals surface area contributed by atoms with Crippen LogP contribution in [-0.4, -0.2) is 16.8 Å². The van der Waals surface area contributed by atoms with Gasteiger partial charge in [-0.2, -0.15) is 0 Å². The average Bonchev–Trinajstić information content (AvgIpc) is 2.39. The molecule has 1 aromatic heterocycles. The summed E-state index contributed by atoms with van der Waals surface area (Å²) in [6, 6.07) is 16.4. The quantitative estimate of drug-likeness (QED) is 0.822. The SMILES string of the molecule is NC(CSc1ccccc1)Cc1ccccn1. The van der Waals surface area contributed by atoms with E-state index < -0.39 is 0 Å². The summed E-state index contributed by atoms with van der Waals surface area (Å²) in [5.74, 6) is 0.917. The van der Waals surface area contributed by atoms with Gasteiger partial charge in [-0.15, -0.1) is 11.8 Å². The molecule has 1 atom stereocenters. The molecule has 2 N–H and O–H groups in total. The Kier molecular flexibility index (Phi) is 4.59. The van der Waals surface area contributed by atoms with Crippen LogP contribution in [-0.2, 0) is 6.42 Å². The van der Waals surface area contributed by atoms with Crippen molar-refractivity contribution in [2.75, 3.05) is 5.75 Å². The predicted octanol–water partition coefficient (Wildman–Crippen LogP) is 2.74. The highest BCUT2D eigenvalue weighted by atomic mass is 32.2. The lowest BCUT2D eigenvalue weighted by molar-refractivity contribution is 0.732. The molecule has 0 saturated heterocycles. The molecule has 2 aromatic rings. The van der Waals surface area contributed by atoms with Crippen LogP contribution in [0.4, 0.5) is 0 Å². The van der Waals surface area contributed by atoms with Crippen molar-refractivity contribution in [3.63, 3.8) is 0 Å². The maximum absolute atomic E-state index is 6.09. The van der Waals surface area contributed by atoms with E-state index in [-0.39, 0.29) is 6.04 Å². The molecule has 2 rings (SSSR count). The second kappa shape index (κ2) is 6.42. The Bertz CT molecular complexity index is 430. The average molecular weight is 244 g/mol. The second-order valence-corrected chi connectivity index (χ2v) is 5.00. The first-order valence-corrected chi connectivity index (χ1v) is 6.66. The fourth-order valence-electron chi connectivity index (χ4n) is 1.57. The molecule has 0 aliphatic rings. The van der Waals surface area contributed by atoms with Gasteiger partial charge < -0.3 is 5.73 Å². The summed E-state index contributed by atoms with van der Waals surface area (Å²) in [6.07, 6.45) is 2.65. The molecule has 0 aliphatic heterocycles. The summed E-state index contributed by atoms with van der Waals surface area (Å²) >= 11 is 1.79.